The molecule has 1 saturated heterocycles. The third-order valence-electron chi connectivity index (χ3n) is 5.83. The fraction of sp³-hybridized carbons (Fsp3) is 1.00. The number of piperidine rings is 1. The highest BCUT2D eigenvalue weighted by molar-refractivity contribution is 4.92. The molecular formula is C16H30N2. The Morgan fingerprint density at radius 1 is 1.11 bits per heavy atom. The van der Waals surface area contributed by atoms with Crippen molar-refractivity contribution in [3.8, 4) is 0 Å². The normalized spacial score (nSPS) is 40.5. The fourth-order valence-corrected chi connectivity index (χ4v) is 4.84. The molecule has 3 fully saturated rings. The lowest BCUT2D eigenvalue weighted by Gasteiger charge is -2.39. The molecule has 1 aliphatic heterocycles. The summed E-state index contributed by atoms with van der Waals surface area (Å²) in [6.45, 7) is 4.00. The van der Waals surface area contributed by atoms with Gasteiger partial charge in [-0.15, -0.1) is 0 Å². The zero-order valence-corrected chi connectivity index (χ0v) is 12.0. The molecule has 104 valence electrons. The van der Waals surface area contributed by atoms with Crippen molar-refractivity contribution < 1.29 is 0 Å². The van der Waals surface area contributed by atoms with Crippen LogP contribution in [0.5, 0.6) is 0 Å². The SMILES string of the molecule is CNCCC1CCCCN1CC1CC2CCC1C2. The molecule has 0 spiro atoms. The summed E-state index contributed by atoms with van der Waals surface area (Å²) >= 11 is 0. The van der Waals surface area contributed by atoms with E-state index >= 15 is 0 Å². The van der Waals surface area contributed by atoms with E-state index in [4.69, 9.17) is 0 Å². The topological polar surface area (TPSA) is 15.3 Å². The van der Waals surface area contributed by atoms with Gasteiger partial charge in [-0.1, -0.05) is 12.8 Å². The summed E-state index contributed by atoms with van der Waals surface area (Å²) in [4.78, 5) is 2.85. The first-order chi connectivity index (χ1) is 8.86. The van der Waals surface area contributed by atoms with E-state index in [0.29, 0.717) is 0 Å². The first-order valence-electron chi connectivity index (χ1n) is 8.25. The van der Waals surface area contributed by atoms with Crippen molar-refractivity contribution >= 4 is 0 Å². The monoisotopic (exact) mass is 250 g/mol. The Morgan fingerprint density at radius 2 is 2.06 bits per heavy atom. The number of rotatable bonds is 5. The third-order valence-corrected chi connectivity index (χ3v) is 5.83. The summed E-state index contributed by atoms with van der Waals surface area (Å²) < 4.78 is 0. The average molecular weight is 250 g/mol. The van der Waals surface area contributed by atoms with Crippen molar-refractivity contribution in [2.75, 3.05) is 26.7 Å². The Labute approximate surface area is 113 Å². The zero-order chi connectivity index (χ0) is 12.4. The first-order valence-corrected chi connectivity index (χ1v) is 8.25. The molecule has 3 rings (SSSR count). The highest BCUT2D eigenvalue weighted by Gasteiger charge is 2.40. The predicted octanol–water partition coefficient (Wildman–Crippen LogP) is 2.89. The number of nitrogens with zero attached hydrogens (tertiary/aromatic N) is 1. The largest absolute Gasteiger partial charge is 0.320 e. The van der Waals surface area contributed by atoms with Crippen molar-refractivity contribution in [2.45, 2.75) is 57.4 Å². The number of fused-ring (bicyclic) bond motifs is 2. The molecule has 0 aromatic heterocycles. The van der Waals surface area contributed by atoms with Crippen LogP contribution >= 0.6 is 0 Å². The van der Waals surface area contributed by atoms with Gasteiger partial charge in [0.2, 0.25) is 0 Å². The van der Waals surface area contributed by atoms with E-state index < -0.39 is 0 Å². The van der Waals surface area contributed by atoms with Gasteiger partial charge in [0.15, 0.2) is 0 Å². The van der Waals surface area contributed by atoms with Crippen LogP contribution in [0.4, 0.5) is 0 Å². The minimum atomic E-state index is 0.880. The fourth-order valence-electron chi connectivity index (χ4n) is 4.84. The molecule has 2 nitrogen and oxygen atoms in total. The summed E-state index contributed by atoms with van der Waals surface area (Å²) in [6, 6.07) is 0.880. The van der Waals surface area contributed by atoms with Crippen molar-refractivity contribution in [1.82, 2.24) is 10.2 Å². The molecule has 0 amide bonds. The van der Waals surface area contributed by atoms with Crippen molar-refractivity contribution in [3.63, 3.8) is 0 Å². The Kier molecular flexibility index (Phi) is 4.25. The number of likely N-dealkylation sites (tertiary alicyclic amines) is 1. The summed E-state index contributed by atoms with van der Waals surface area (Å²) in [7, 11) is 2.09. The van der Waals surface area contributed by atoms with Crippen molar-refractivity contribution in [3.05, 3.63) is 0 Å². The highest BCUT2D eigenvalue weighted by atomic mass is 15.2. The van der Waals surface area contributed by atoms with Gasteiger partial charge in [-0.3, -0.25) is 0 Å². The molecular weight excluding hydrogens is 220 g/mol. The van der Waals surface area contributed by atoms with Gasteiger partial charge in [0.05, 0.1) is 0 Å². The molecule has 2 bridgehead atoms. The molecule has 4 unspecified atom stereocenters. The number of hydrogen-bond acceptors (Lipinski definition) is 2. The van der Waals surface area contributed by atoms with Crippen LogP contribution in [0.15, 0.2) is 0 Å². The van der Waals surface area contributed by atoms with Crippen LogP contribution in [0.3, 0.4) is 0 Å². The van der Waals surface area contributed by atoms with Gasteiger partial charge in [0.1, 0.15) is 0 Å². The predicted molar refractivity (Wildman–Crippen MR) is 76.7 cm³/mol. The molecule has 18 heavy (non-hydrogen) atoms. The van der Waals surface area contributed by atoms with Crippen LogP contribution in [0.2, 0.25) is 0 Å². The van der Waals surface area contributed by atoms with E-state index in [9.17, 15) is 0 Å². The van der Waals surface area contributed by atoms with E-state index in [1.54, 1.807) is 25.7 Å². The van der Waals surface area contributed by atoms with Crippen LogP contribution in [-0.2, 0) is 0 Å². The minimum absolute atomic E-state index is 0.880. The standard InChI is InChI=1S/C16H30N2/c1-17-8-7-16-4-2-3-9-18(16)12-15-11-13-5-6-14(15)10-13/h13-17H,2-12H2,1H3. The van der Waals surface area contributed by atoms with Gasteiger partial charge in [0.25, 0.3) is 0 Å². The summed E-state index contributed by atoms with van der Waals surface area (Å²) in [6.07, 6.45) is 11.9. The summed E-state index contributed by atoms with van der Waals surface area (Å²) in [5.41, 5.74) is 0. The van der Waals surface area contributed by atoms with Gasteiger partial charge in [0, 0.05) is 12.6 Å². The Hall–Kier alpha value is -0.0800. The second-order valence-corrected chi connectivity index (χ2v) is 6.97. The molecule has 1 heterocycles. The van der Waals surface area contributed by atoms with E-state index in [1.807, 2.05) is 0 Å². The lowest BCUT2D eigenvalue weighted by Crippen LogP contribution is -2.44. The Bertz CT molecular complexity index is 266. The van der Waals surface area contributed by atoms with E-state index in [1.165, 1.54) is 45.3 Å². The maximum atomic E-state index is 3.33. The van der Waals surface area contributed by atoms with Crippen molar-refractivity contribution in [1.29, 1.82) is 0 Å². The second-order valence-electron chi connectivity index (χ2n) is 6.97. The van der Waals surface area contributed by atoms with E-state index in [0.717, 1.165) is 23.8 Å². The zero-order valence-electron chi connectivity index (χ0n) is 12.0. The maximum absolute atomic E-state index is 3.33. The molecule has 0 aromatic carbocycles. The molecule has 2 saturated carbocycles. The molecule has 0 aromatic rings. The van der Waals surface area contributed by atoms with Gasteiger partial charge in [-0.05, 0) is 76.4 Å². The molecule has 3 aliphatic rings. The second kappa shape index (κ2) is 5.92. The molecule has 1 N–H and O–H groups in total. The van der Waals surface area contributed by atoms with E-state index in [2.05, 4.69) is 17.3 Å². The lowest BCUT2D eigenvalue weighted by molar-refractivity contribution is 0.102. The molecule has 4 atom stereocenters. The number of hydrogen-bond donors (Lipinski definition) is 1. The van der Waals surface area contributed by atoms with Gasteiger partial charge in [-0.25, -0.2) is 0 Å². The van der Waals surface area contributed by atoms with Crippen LogP contribution in [0.25, 0.3) is 0 Å². The van der Waals surface area contributed by atoms with Gasteiger partial charge in [-0.2, -0.15) is 0 Å². The van der Waals surface area contributed by atoms with Crippen LogP contribution in [-0.4, -0.2) is 37.6 Å². The van der Waals surface area contributed by atoms with Crippen LogP contribution in [0, 0.1) is 17.8 Å². The first kappa shape index (κ1) is 12.9. The van der Waals surface area contributed by atoms with Crippen LogP contribution in [0.1, 0.15) is 51.4 Å². The van der Waals surface area contributed by atoms with Crippen molar-refractivity contribution in [2.24, 2.45) is 17.8 Å². The van der Waals surface area contributed by atoms with E-state index in [-0.39, 0.29) is 0 Å². The summed E-state index contributed by atoms with van der Waals surface area (Å²) in [5.74, 6) is 3.27. The Morgan fingerprint density at radius 3 is 2.78 bits per heavy atom. The van der Waals surface area contributed by atoms with Gasteiger partial charge < -0.3 is 10.2 Å². The Balaban J connectivity index is 1.52. The average Bonchev–Trinajstić information content (AvgIpc) is 3.00. The number of nitrogens with one attached hydrogen (secondary N) is 1. The molecule has 2 heteroatoms. The summed E-state index contributed by atoms with van der Waals surface area (Å²) in [5, 5.41) is 3.33. The van der Waals surface area contributed by atoms with Gasteiger partial charge >= 0.3 is 0 Å². The molecule has 0 radical (unpaired) electrons. The van der Waals surface area contributed by atoms with Crippen LogP contribution < -0.4 is 5.32 Å². The smallest absolute Gasteiger partial charge is 0.0107 e. The lowest BCUT2D eigenvalue weighted by atomic mass is 9.87. The third kappa shape index (κ3) is 2.75. The minimum Gasteiger partial charge on any atom is -0.320 e. The quantitative estimate of drug-likeness (QED) is 0.807. The molecule has 2 aliphatic carbocycles. The highest BCUT2D eigenvalue weighted by Crippen LogP contribution is 2.48. The maximum Gasteiger partial charge on any atom is 0.0107 e.